The molecule has 0 bridgehead atoms. The van der Waals surface area contributed by atoms with Crippen LogP contribution in [0.4, 0.5) is 14.7 Å². The van der Waals surface area contributed by atoms with Crippen molar-refractivity contribution in [2.75, 3.05) is 51.4 Å². The van der Waals surface area contributed by atoms with E-state index in [2.05, 4.69) is 9.97 Å². The Morgan fingerprint density at radius 2 is 1.83 bits per heavy atom. The van der Waals surface area contributed by atoms with Crippen LogP contribution in [-0.2, 0) is 14.3 Å². The molecule has 3 aliphatic rings. The third-order valence-electron chi connectivity index (χ3n) is 8.42. The molecule has 2 aromatic heterocycles. The minimum Gasteiger partial charge on any atom is -0.474 e. The van der Waals surface area contributed by atoms with Gasteiger partial charge in [0.15, 0.2) is 5.82 Å². The van der Waals surface area contributed by atoms with Gasteiger partial charge in [0.1, 0.15) is 11.9 Å². The summed E-state index contributed by atoms with van der Waals surface area (Å²) in [4.78, 5) is 30.5. The first-order chi connectivity index (χ1) is 20.5. The van der Waals surface area contributed by atoms with Gasteiger partial charge in [0.25, 0.3) is 6.43 Å². The number of hydrogen-bond donors (Lipinski definition) is 0. The topological polar surface area (TPSA) is 94.8 Å². The van der Waals surface area contributed by atoms with Crippen molar-refractivity contribution in [1.82, 2.24) is 24.4 Å². The van der Waals surface area contributed by atoms with Gasteiger partial charge in [-0.3, -0.25) is 9.36 Å². The highest BCUT2D eigenvalue weighted by atomic mass is 19.3. The number of alkyl halides is 2. The first kappa shape index (κ1) is 28.7. The number of likely N-dealkylation sites (N-methyl/N-ethyl adjacent to an activating group) is 1. The zero-order chi connectivity index (χ0) is 29.1. The van der Waals surface area contributed by atoms with E-state index in [1.807, 2.05) is 16.8 Å². The lowest BCUT2D eigenvalue weighted by Gasteiger charge is -2.33. The van der Waals surface area contributed by atoms with Crippen molar-refractivity contribution in [3.8, 4) is 11.7 Å². The van der Waals surface area contributed by atoms with Gasteiger partial charge in [-0.1, -0.05) is 12.1 Å². The Morgan fingerprint density at radius 3 is 2.57 bits per heavy atom. The second-order valence-corrected chi connectivity index (χ2v) is 11.4. The molecule has 1 amide bonds. The van der Waals surface area contributed by atoms with E-state index in [-0.39, 0.29) is 35.7 Å². The van der Waals surface area contributed by atoms with Crippen molar-refractivity contribution in [3.63, 3.8) is 0 Å². The van der Waals surface area contributed by atoms with E-state index in [0.717, 1.165) is 38.7 Å². The molecule has 10 nitrogen and oxygen atoms in total. The fourth-order valence-electron chi connectivity index (χ4n) is 6.17. The van der Waals surface area contributed by atoms with Crippen LogP contribution in [0.15, 0.2) is 30.3 Å². The summed E-state index contributed by atoms with van der Waals surface area (Å²) < 4.78 is 47.4. The molecule has 6 rings (SSSR count). The van der Waals surface area contributed by atoms with Gasteiger partial charge in [-0.15, -0.1) is 0 Å². The minimum absolute atomic E-state index is 0.0470. The van der Waals surface area contributed by atoms with Crippen molar-refractivity contribution in [3.05, 3.63) is 36.2 Å². The molecule has 0 radical (unpaired) electrons. The third kappa shape index (κ3) is 6.34. The Bertz CT molecular complexity index is 1370. The highest BCUT2D eigenvalue weighted by Gasteiger charge is 2.31. The summed E-state index contributed by atoms with van der Waals surface area (Å²) in [6.45, 7) is 3.63. The van der Waals surface area contributed by atoms with Gasteiger partial charge in [-0.05, 0) is 57.1 Å². The van der Waals surface area contributed by atoms with Gasteiger partial charge >= 0.3 is 0 Å². The largest absolute Gasteiger partial charge is 0.474 e. The number of hydrogen-bond acceptors (Lipinski definition) is 8. The molecule has 226 valence electrons. The predicted octanol–water partition coefficient (Wildman–Crippen LogP) is 4.55. The number of carbonyl (C=O) groups excluding carboxylic acids is 1. The summed E-state index contributed by atoms with van der Waals surface area (Å²) in [6, 6.07) is 8.63. The number of aromatic nitrogens is 4. The highest BCUT2D eigenvalue weighted by molar-refractivity contribution is 5.79. The number of nitrogens with zero attached hydrogens (tertiary/aromatic N) is 6. The van der Waals surface area contributed by atoms with Gasteiger partial charge < -0.3 is 24.0 Å². The molecule has 1 atom stereocenters. The van der Waals surface area contributed by atoms with E-state index in [1.165, 1.54) is 4.57 Å². The lowest BCUT2D eigenvalue weighted by molar-refractivity contribution is -0.138. The second kappa shape index (κ2) is 12.9. The SMILES string of the molecule is CN(CC1CCCCO1)C(=O)C1CCC(Oc2cc(-n3c(C(F)F)nc4ccccc43)nc(N3CCOCC3)n2)CC1. The summed E-state index contributed by atoms with van der Waals surface area (Å²) in [5.41, 5.74) is 0.997. The monoisotopic (exact) mass is 584 g/mol. The smallest absolute Gasteiger partial charge is 0.296 e. The fraction of sp³-hybridized carbons (Fsp3) is 0.600. The van der Waals surface area contributed by atoms with E-state index in [0.29, 0.717) is 68.6 Å². The number of para-hydroxylation sites is 2. The average molecular weight is 585 g/mol. The highest BCUT2D eigenvalue weighted by Crippen LogP contribution is 2.32. The van der Waals surface area contributed by atoms with Crippen molar-refractivity contribution >= 4 is 22.9 Å². The third-order valence-corrected chi connectivity index (χ3v) is 8.42. The molecule has 42 heavy (non-hydrogen) atoms. The fourth-order valence-corrected chi connectivity index (χ4v) is 6.17. The Hall–Kier alpha value is -3.38. The molecule has 0 N–H and O–H groups in total. The van der Waals surface area contributed by atoms with Gasteiger partial charge in [-0.25, -0.2) is 13.8 Å². The number of halogens is 2. The van der Waals surface area contributed by atoms with Gasteiger partial charge in [-0.2, -0.15) is 9.97 Å². The summed E-state index contributed by atoms with van der Waals surface area (Å²) in [5, 5.41) is 0. The number of amides is 1. The number of anilines is 1. The number of benzene rings is 1. The maximum atomic E-state index is 14.1. The second-order valence-electron chi connectivity index (χ2n) is 11.4. The molecule has 3 aromatic rings. The standard InChI is InChI=1S/C30H38F2N6O4/c1-36(19-22-6-4-5-15-41-22)29(39)20-9-11-21(12-10-20)42-26-18-25(34-30(35-26)37-13-16-40-17-14-37)38-24-8-3-2-7-23(24)33-28(38)27(31)32/h2-3,7-8,18,20-22,27H,4-6,9-17,19H2,1H3. The first-order valence-electron chi connectivity index (χ1n) is 15.0. The van der Waals surface area contributed by atoms with E-state index in [9.17, 15) is 13.6 Å². The Morgan fingerprint density at radius 1 is 1.05 bits per heavy atom. The van der Waals surface area contributed by atoms with E-state index >= 15 is 0 Å². The minimum atomic E-state index is -2.79. The molecule has 1 unspecified atom stereocenters. The summed E-state index contributed by atoms with van der Waals surface area (Å²) >= 11 is 0. The van der Waals surface area contributed by atoms with E-state index in [1.54, 1.807) is 30.3 Å². The molecule has 12 heteroatoms. The molecule has 0 spiro atoms. The van der Waals surface area contributed by atoms with Crippen LogP contribution in [0.2, 0.25) is 0 Å². The number of morpholine rings is 1. The van der Waals surface area contributed by atoms with Crippen LogP contribution < -0.4 is 9.64 Å². The Kier molecular flexibility index (Phi) is 8.80. The predicted molar refractivity (Wildman–Crippen MR) is 152 cm³/mol. The van der Waals surface area contributed by atoms with E-state index in [4.69, 9.17) is 19.2 Å². The number of ether oxygens (including phenoxy) is 3. The van der Waals surface area contributed by atoms with Crippen LogP contribution in [0.1, 0.15) is 57.2 Å². The summed E-state index contributed by atoms with van der Waals surface area (Å²) in [5.74, 6) is 0.735. The quantitative estimate of drug-likeness (QED) is 0.381. The maximum Gasteiger partial charge on any atom is 0.296 e. The molecule has 2 aliphatic heterocycles. The van der Waals surface area contributed by atoms with Crippen LogP contribution in [0.3, 0.4) is 0 Å². The molecule has 1 aliphatic carbocycles. The number of imidazole rings is 1. The summed E-state index contributed by atoms with van der Waals surface area (Å²) in [6.07, 6.45) is 3.26. The lowest BCUT2D eigenvalue weighted by atomic mass is 9.86. The Labute approximate surface area is 244 Å². The molecule has 4 heterocycles. The summed E-state index contributed by atoms with van der Waals surface area (Å²) in [7, 11) is 1.87. The molecular formula is C30H38F2N6O4. The van der Waals surface area contributed by atoms with Gasteiger partial charge in [0.05, 0.1) is 30.4 Å². The van der Waals surface area contributed by atoms with Crippen LogP contribution in [0.25, 0.3) is 16.9 Å². The van der Waals surface area contributed by atoms with Crippen molar-refractivity contribution < 1.29 is 27.8 Å². The van der Waals surface area contributed by atoms with Crippen LogP contribution >= 0.6 is 0 Å². The zero-order valence-corrected chi connectivity index (χ0v) is 24.0. The lowest BCUT2D eigenvalue weighted by Crippen LogP contribution is -2.41. The molecule has 3 fully saturated rings. The molecule has 1 aromatic carbocycles. The Balaban J connectivity index is 1.20. The van der Waals surface area contributed by atoms with Crippen molar-refractivity contribution in [2.24, 2.45) is 5.92 Å². The van der Waals surface area contributed by atoms with E-state index < -0.39 is 6.43 Å². The van der Waals surface area contributed by atoms with Crippen LogP contribution in [0, 0.1) is 5.92 Å². The van der Waals surface area contributed by atoms with Gasteiger partial charge in [0, 0.05) is 45.3 Å². The number of fused-ring (bicyclic) bond motifs is 1. The van der Waals surface area contributed by atoms with Crippen molar-refractivity contribution in [2.45, 2.75) is 63.6 Å². The van der Waals surface area contributed by atoms with Crippen LogP contribution in [0.5, 0.6) is 5.88 Å². The van der Waals surface area contributed by atoms with Crippen molar-refractivity contribution in [1.29, 1.82) is 0 Å². The number of rotatable bonds is 8. The molecule has 1 saturated carbocycles. The normalized spacial score (nSPS) is 23.3. The average Bonchev–Trinajstić information content (AvgIpc) is 3.42. The zero-order valence-electron chi connectivity index (χ0n) is 24.0. The van der Waals surface area contributed by atoms with Gasteiger partial charge in [0.2, 0.25) is 17.7 Å². The maximum absolute atomic E-state index is 14.1. The first-order valence-corrected chi connectivity index (χ1v) is 15.0. The molecule has 2 saturated heterocycles. The molecular weight excluding hydrogens is 546 g/mol. The number of carbonyl (C=O) groups is 1. The van der Waals surface area contributed by atoms with Crippen LogP contribution in [-0.4, -0.2) is 89.0 Å².